The summed E-state index contributed by atoms with van der Waals surface area (Å²) in [4.78, 5) is 18.1. The van der Waals surface area contributed by atoms with Gasteiger partial charge in [0.2, 0.25) is 5.95 Å². The van der Waals surface area contributed by atoms with Crippen LogP contribution in [-0.4, -0.2) is 66.7 Å². The van der Waals surface area contributed by atoms with Crippen LogP contribution >= 0.6 is 0 Å². The summed E-state index contributed by atoms with van der Waals surface area (Å²) in [6.07, 6.45) is 3.59. The summed E-state index contributed by atoms with van der Waals surface area (Å²) in [6.45, 7) is 10.9. The van der Waals surface area contributed by atoms with Gasteiger partial charge >= 0.3 is 0 Å². The summed E-state index contributed by atoms with van der Waals surface area (Å²) < 4.78 is 5.86. The molecule has 0 saturated carbocycles. The van der Waals surface area contributed by atoms with Crippen molar-refractivity contribution in [2.45, 2.75) is 20.5 Å². The van der Waals surface area contributed by atoms with Crippen LogP contribution in [0.4, 0.5) is 5.95 Å². The number of nitrogens with zero attached hydrogens (tertiary/aromatic N) is 5. The number of ether oxygens (including phenoxy) is 1. The number of aromatic nitrogens is 2. The van der Waals surface area contributed by atoms with Crippen LogP contribution in [-0.2, 0) is 11.3 Å². The van der Waals surface area contributed by atoms with Crippen LogP contribution in [0.1, 0.15) is 19.4 Å². The highest BCUT2D eigenvalue weighted by Gasteiger charge is 2.21. The lowest BCUT2D eigenvalue weighted by Crippen LogP contribution is -2.53. The number of benzene rings is 1. The molecule has 29 heavy (non-hydrogen) atoms. The van der Waals surface area contributed by atoms with Crippen molar-refractivity contribution < 1.29 is 4.74 Å². The molecule has 1 N–H and O–H groups in total. The average Bonchev–Trinajstić information content (AvgIpc) is 2.78. The summed E-state index contributed by atoms with van der Waals surface area (Å²) in [7, 11) is 0. The largest absolute Gasteiger partial charge is 0.376 e. The minimum atomic E-state index is 0.367. The first-order chi connectivity index (χ1) is 14.3. The second-order valence-corrected chi connectivity index (χ2v) is 7.32. The van der Waals surface area contributed by atoms with Crippen molar-refractivity contribution in [1.29, 1.82) is 0 Å². The highest BCUT2D eigenvalue weighted by atomic mass is 16.5. The van der Waals surface area contributed by atoms with Crippen LogP contribution in [0, 0.1) is 5.92 Å². The maximum Gasteiger partial charge on any atom is 0.225 e. The smallest absolute Gasteiger partial charge is 0.225 e. The van der Waals surface area contributed by atoms with Gasteiger partial charge < -0.3 is 19.9 Å². The molecule has 1 aliphatic heterocycles. The lowest BCUT2D eigenvalue weighted by atomic mass is 10.2. The Labute approximate surface area is 173 Å². The van der Waals surface area contributed by atoms with E-state index in [1.54, 1.807) is 12.4 Å². The fourth-order valence-electron chi connectivity index (χ4n) is 3.25. The number of aliphatic imine (C=N–C) groups is 1. The average molecular weight is 397 g/mol. The maximum atomic E-state index is 5.86. The van der Waals surface area contributed by atoms with E-state index in [2.05, 4.69) is 51.1 Å². The van der Waals surface area contributed by atoms with Crippen molar-refractivity contribution in [3.05, 3.63) is 54.4 Å². The Balaban J connectivity index is 1.45. The van der Waals surface area contributed by atoms with Gasteiger partial charge in [0.25, 0.3) is 0 Å². The minimum absolute atomic E-state index is 0.367. The monoisotopic (exact) mass is 396 g/mol. The van der Waals surface area contributed by atoms with Crippen molar-refractivity contribution in [2.24, 2.45) is 10.9 Å². The highest BCUT2D eigenvalue weighted by molar-refractivity contribution is 5.80. The standard InChI is InChI=1S/C22H32N6O/c1-3-23-21(26-16-19(2)17-29-18-20-8-5-4-6-9-20)27-12-14-28(15-13-27)22-24-10-7-11-25-22/h4-11,19H,3,12-18H2,1-2H3,(H,23,26). The lowest BCUT2D eigenvalue weighted by molar-refractivity contribution is 0.0944. The Morgan fingerprint density at radius 3 is 2.52 bits per heavy atom. The van der Waals surface area contributed by atoms with Crippen molar-refractivity contribution in [1.82, 2.24) is 20.2 Å². The van der Waals surface area contributed by atoms with Gasteiger partial charge in [0, 0.05) is 51.7 Å². The molecule has 1 atom stereocenters. The molecule has 1 aromatic carbocycles. The van der Waals surface area contributed by atoms with Crippen LogP contribution in [0.25, 0.3) is 0 Å². The first-order valence-electron chi connectivity index (χ1n) is 10.4. The molecule has 1 unspecified atom stereocenters. The number of piperazine rings is 1. The predicted octanol–water partition coefficient (Wildman–Crippen LogP) is 2.42. The van der Waals surface area contributed by atoms with Crippen LogP contribution in [0.5, 0.6) is 0 Å². The summed E-state index contributed by atoms with van der Waals surface area (Å²) >= 11 is 0. The molecule has 0 amide bonds. The van der Waals surface area contributed by atoms with Crippen LogP contribution in [0.3, 0.4) is 0 Å². The molecule has 1 aromatic heterocycles. The number of nitrogens with one attached hydrogen (secondary N) is 1. The van der Waals surface area contributed by atoms with Crippen molar-refractivity contribution in [3.8, 4) is 0 Å². The van der Waals surface area contributed by atoms with Crippen molar-refractivity contribution in [2.75, 3.05) is 50.8 Å². The zero-order valence-corrected chi connectivity index (χ0v) is 17.5. The summed E-state index contributed by atoms with van der Waals surface area (Å²) in [5.41, 5.74) is 1.21. The predicted molar refractivity (Wildman–Crippen MR) is 117 cm³/mol. The zero-order chi connectivity index (χ0) is 20.3. The number of anilines is 1. The minimum Gasteiger partial charge on any atom is -0.376 e. The van der Waals surface area contributed by atoms with E-state index in [0.717, 1.165) is 51.2 Å². The molecule has 7 nitrogen and oxygen atoms in total. The second-order valence-electron chi connectivity index (χ2n) is 7.32. The maximum absolute atomic E-state index is 5.86. The van der Waals surface area contributed by atoms with Crippen LogP contribution in [0.15, 0.2) is 53.8 Å². The first-order valence-corrected chi connectivity index (χ1v) is 10.4. The Hall–Kier alpha value is -2.67. The zero-order valence-electron chi connectivity index (χ0n) is 17.5. The molecule has 0 bridgehead atoms. The molecule has 7 heteroatoms. The van der Waals surface area contributed by atoms with E-state index in [9.17, 15) is 0 Å². The molecule has 1 aliphatic rings. The fourth-order valence-corrected chi connectivity index (χ4v) is 3.25. The highest BCUT2D eigenvalue weighted by Crippen LogP contribution is 2.10. The van der Waals surface area contributed by atoms with E-state index in [1.807, 2.05) is 24.3 Å². The van der Waals surface area contributed by atoms with Gasteiger partial charge in [-0.1, -0.05) is 37.3 Å². The van der Waals surface area contributed by atoms with E-state index in [-0.39, 0.29) is 0 Å². The Morgan fingerprint density at radius 2 is 1.83 bits per heavy atom. The van der Waals surface area contributed by atoms with Gasteiger partial charge in [0.05, 0.1) is 13.2 Å². The second kappa shape index (κ2) is 11.4. The Bertz CT molecular complexity index is 731. The lowest BCUT2D eigenvalue weighted by Gasteiger charge is -2.36. The number of hydrogen-bond donors (Lipinski definition) is 1. The molecule has 0 spiro atoms. The molecular formula is C22H32N6O. The van der Waals surface area contributed by atoms with Gasteiger partial charge in [-0.15, -0.1) is 0 Å². The van der Waals surface area contributed by atoms with Gasteiger partial charge in [-0.2, -0.15) is 0 Å². The quantitative estimate of drug-likeness (QED) is 0.546. The Morgan fingerprint density at radius 1 is 1.10 bits per heavy atom. The molecule has 2 aromatic rings. The third-order valence-corrected chi connectivity index (χ3v) is 4.82. The molecule has 3 rings (SSSR count). The SMILES string of the molecule is CCNC(=NCC(C)COCc1ccccc1)N1CCN(c2ncccn2)CC1. The molecule has 2 heterocycles. The van der Waals surface area contributed by atoms with Gasteiger partial charge in [-0.3, -0.25) is 4.99 Å². The van der Waals surface area contributed by atoms with E-state index >= 15 is 0 Å². The topological polar surface area (TPSA) is 65.9 Å². The molecule has 156 valence electrons. The fraction of sp³-hybridized carbons (Fsp3) is 0.500. The van der Waals surface area contributed by atoms with E-state index in [0.29, 0.717) is 19.1 Å². The van der Waals surface area contributed by atoms with Gasteiger partial charge in [0.15, 0.2) is 5.96 Å². The third-order valence-electron chi connectivity index (χ3n) is 4.82. The normalized spacial score (nSPS) is 16.0. The van der Waals surface area contributed by atoms with E-state index in [1.165, 1.54) is 5.56 Å². The summed E-state index contributed by atoms with van der Waals surface area (Å²) in [5.74, 6) is 2.15. The van der Waals surface area contributed by atoms with Crippen LogP contribution < -0.4 is 10.2 Å². The van der Waals surface area contributed by atoms with Crippen LogP contribution in [0.2, 0.25) is 0 Å². The third kappa shape index (κ3) is 6.71. The molecule has 1 fully saturated rings. The summed E-state index contributed by atoms with van der Waals surface area (Å²) in [6, 6.07) is 12.1. The number of guanidine groups is 1. The number of rotatable bonds is 8. The van der Waals surface area contributed by atoms with E-state index in [4.69, 9.17) is 9.73 Å². The molecule has 1 saturated heterocycles. The van der Waals surface area contributed by atoms with Gasteiger partial charge in [-0.05, 0) is 24.5 Å². The van der Waals surface area contributed by atoms with Crippen molar-refractivity contribution in [3.63, 3.8) is 0 Å². The molecule has 0 aliphatic carbocycles. The number of hydrogen-bond acceptors (Lipinski definition) is 5. The van der Waals surface area contributed by atoms with E-state index < -0.39 is 0 Å². The van der Waals surface area contributed by atoms with Gasteiger partial charge in [-0.25, -0.2) is 9.97 Å². The first kappa shape index (κ1) is 21.0. The summed E-state index contributed by atoms with van der Waals surface area (Å²) in [5, 5.41) is 3.43. The van der Waals surface area contributed by atoms with Crippen molar-refractivity contribution >= 4 is 11.9 Å². The molecule has 0 radical (unpaired) electrons. The van der Waals surface area contributed by atoms with Gasteiger partial charge in [0.1, 0.15) is 0 Å². The molecular weight excluding hydrogens is 364 g/mol. The Kier molecular flexibility index (Phi) is 8.25.